The van der Waals surface area contributed by atoms with Crippen LogP contribution in [0.4, 0.5) is 17.6 Å². The van der Waals surface area contributed by atoms with Crippen molar-refractivity contribution in [2.24, 2.45) is 0 Å². The number of alkyl halides is 3. The summed E-state index contributed by atoms with van der Waals surface area (Å²) >= 11 is 0. The molecular formula is C14H15F4NO3S. The van der Waals surface area contributed by atoms with Crippen LogP contribution in [0.15, 0.2) is 24.3 Å². The van der Waals surface area contributed by atoms with Crippen LogP contribution in [0.1, 0.15) is 23.7 Å². The molecule has 1 heterocycles. The predicted molar refractivity (Wildman–Crippen MR) is 74.8 cm³/mol. The summed E-state index contributed by atoms with van der Waals surface area (Å²) in [6.45, 7) is -0.477. The van der Waals surface area contributed by atoms with E-state index in [0.29, 0.717) is 0 Å². The van der Waals surface area contributed by atoms with Crippen LogP contribution >= 0.6 is 0 Å². The first-order valence-electron chi connectivity index (χ1n) is 6.91. The van der Waals surface area contributed by atoms with Gasteiger partial charge >= 0.3 is 6.18 Å². The molecule has 0 radical (unpaired) electrons. The molecule has 0 aromatic heterocycles. The fourth-order valence-corrected chi connectivity index (χ4v) is 4.36. The molecule has 1 aliphatic rings. The highest BCUT2D eigenvalue weighted by atomic mass is 32.2. The lowest BCUT2D eigenvalue weighted by Gasteiger charge is -2.20. The maximum absolute atomic E-state index is 13.8. The maximum atomic E-state index is 13.8. The topological polar surface area (TPSA) is 54.5 Å². The van der Waals surface area contributed by atoms with Gasteiger partial charge < -0.3 is 4.90 Å². The number of carbonyl (C=O) groups is 1. The van der Waals surface area contributed by atoms with Crippen molar-refractivity contribution in [2.75, 3.05) is 18.8 Å². The van der Waals surface area contributed by atoms with Crippen LogP contribution in [-0.4, -0.2) is 44.2 Å². The fraction of sp³-hybridized carbons (Fsp3) is 0.500. The molecule has 1 amide bonds. The molecule has 0 N–H and O–H groups in total. The van der Waals surface area contributed by atoms with Gasteiger partial charge in [-0.25, -0.2) is 12.8 Å². The summed E-state index contributed by atoms with van der Waals surface area (Å²) in [5.41, 5.74) is -0.0161. The van der Waals surface area contributed by atoms with Crippen molar-refractivity contribution in [1.82, 2.24) is 4.90 Å². The molecule has 1 atom stereocenters. The second kappa shape index (κ2) is 6.46. The molecule has 9 heteroatoms. The van der Waals surface area contributed by atoms with Gasteiger partial charge in [0.05, 0.1) is 11.0 Å². The SMILES string of the molecule is O=C(CC(F)(F)F)N1CCC(c2ccccc2F)S(=O)(=O)CC1. The van der Waals surface area contributed by atoms with E-state index >= 15 is 0 Å². The Morgan fingerprint density at radius 2 is 1.87 bits per heavy atom. The number of nitrogens with zero attached hydrogens (tertiary/aromatic N) is 1. The summed E-state index contributed by atoms with van der Waals surface area (Å²) < 4.78 is 75.3. The average molecular weight is 353 g/mol. The minimum Gasteiger partial charge on any atom is -0.341 e. The Balaban J connectivity index is 2.20. The van der Waals surface area contributed by atoms with E-state index in [1.165, 1.54) is 18.2 Å². The number of hydrogen-bond donors (Lipinski definition) is 0. The van der Waals surface area contributed by atoms with Crippen LogP contribution in [-0.2, 0) is 14.6 Å². The van der Waals surface area contributed by atoms with Gasteiger partial charge in [-0.05, 0) is 12.5 Å². The quantitative estimate of drug-likeness (QED) is 0.768. The van der Waals surface area contributed by atoms with Crippen molar-refractivity contribution in [1.29, 1.82) is 0 Å². The minimum atomic E-state index is -4.65. The molecule has 0 saturated carbocycles. The molecule has 0 aliphatic carbocycles. The maximum Gasteiger partial charge on any atom is 0.397 e. The van der Waals surface area contributed by atoms with Gasteiger partial charge in [0.2, 0.25) is 5.91 Å². The van der Waals surface area contributed by atoms with E-state index in [-0.39, 0.29) is 25.1 Å². The lowest BCUT2D eigenvalue weighted by atomic mass is 10.1. The smallest absolute Gasteiger partial charge is 0.341 e. The molecule has 128 valence electrons. The first-order valence-corrected chi connectivity index (χ1v) is 8.62. The Hall–Kier alpha value is -1.64. The average Bonchev–Trinajstić information content (AvgIpc) is 2.56. The molecule has 1 aliphatic heterocycles. The molecule has 1 fully saturated rings. The second-order valence-electron chi connectivity index (χ2n) is 5.34. The Morgan fingerprint density at radius 3 is 2.48 bits per heavy atom. The van der Waals surface area contributed by atoms with Crippen molar-refractivity contribution >= 4 is 15.7 Å². The van der Waals surface area contributed by atoms with E-state index in [0.717, 1.165) is 11.0 Å². The van der Waals surface area contributed by atoms with Gasteiger partial charge in [-0.1, -0.05) is 18.2 Å². The highest BCUT2D eigenvalue weighted by molar-refractivity contribution is 7.91. The fourth-order valence-electron chi connectivity index (χ4n) is 2.56. The third-order valence-electron chi connectivity index (χ3n) is 3.70. The zero-order valence-electron chi connectivity index (χ0n) is 12.0. The van der Waals surface area contributed by atoms with E-state index in [1.807, 2.05) is 0 Å². The van der Waals surface area contributed by atoms with Crippen LogP contribution in [0.2, 0.25) is 0 Å². The van der Waals surface area contributed by atoms with Crippen LogP contribution in [0.25, 0.3) is 0 Å². The molecule has 0 spiro atoms. The van der Waals surface area contributed by atoms with E-state index in [1.54, 1.807) is 0 Å². The first-order chi connectivity index (χ1) is 10.6. The van der Waals surface area contributed by atoms with E-state index in [4.69, 9.17) is 0 Å². The number of hydrogen-bond acceptors (Lipinski definition) is 3. The third-order valence-corrected chi connectivity index (χ3v) is 5.81. The van der Waals surface area contributed by atoms with E-state index in [2.05, 4.69) is 0 Å². The van der Waals surface area contributed by atoms with Crippen molar-refractivity contribution in [2.45, 2.75) is 24.3 Å². The van der Waals surface area contributed by atoms with E-state index in [9.17, 15) is 30.8 Å². The van der Waals surface area contributed by atoms with Crippen molar-refractivity contribution in [3.63, 3.8) is 0 Å². The van der Waals surface area contributed by atoms with Crippen molar-refractivity contribution in [3.8, 4) is 0 Å². The van der Waals surface area contributed by atoms with Gasteiger partial charge in [0, 0.05) is 18.7 Å². The van der Waals surface area contributed by atoms with Crippen LogP contribution in [0.5, 0.6) is 0 Å². The standard InChI is InChI=1S/C14H15F4NO3S/c15-11-4-2-1-3-10(11)12-5-6-19(7-8-23(12,21)22)13(20)9-14(16,17)18/h1-4,12H,5-9H2. The molecule has 1 aromatic rings. The lowest BCUT2D eigenvalue weighted by Crippen LogP contribution is -2.36. The number of rotatable bonds is 2. The Kier molecular flexibility index (Phi) is 4.98. The Morgan fingerprint density at radius 1 is 1.22 bits per heavy atom. The highest BCUT2D eigenvalue weighted by Crippen LogP contribution is 2.31. The highest BCUT2D eigenvalue weighted by Gasteiger charge is 2.37. The first kappa shape index (κ1) is 17.7. The van der Waals surface area contributed by atoms with Gasteiger partial charge in [0.15, 0.2) is 9.84 Å². The van der Waals surface area contributed by atoms with Crippen molar-refractivity contribution in [3.05, 3.63) is 35.6 Å². The lowest BCUT2D eigenvalue weighted by molar-refractivity contribution is -0.161. The largest absolute Gasteiger partial charge is 0.397 e. The summed E-state index contributed by atoms with van der Waals surface area (Å²) in [7, 11) is -3.76. The molecule has 4 nitrogen and oxygen atoms in total. The summed E-state index contributed by atoms with van der Waals surface area (Å²) in [6, 6.07) is 5.37. The Bertz CT molecular complexity index is 688. The van der Waals surface area contributed by atoms with Gasteiger partial charge in [-0.3, -0.25) is 4.79 Å². The molecule has 0 bridgehead atoms. The summed E-state index contributed by atoms with van der Waals surface area (Å²) in [6.07, 6.45) is -6.41. The van der Waals surface area contributed by atoms with Gasteiger partial charge in [0.25, 0.3) is 0 Å². The Labute approximate surface area is 131 Å². The number of halogens is 4. The zero-order valence-corrected chi connectivity index (χ0v) is 12.8. The van der Waals surface area contributed by atoms with Crippen LogP contribution < -0.4 is 0 Å². The normalized spacial score (nSPS) is 21.7. The van der Waals surface area contributed by atoms with Crippen LogP contribution in [0, 0.1) is 5.82 Å². The number of carbonyl (C=O) groups excluding carboxylic acids is 1. The van der Waals surface area contributed by atoms with Gasteiger partial charge in [0.1, 0.15) is 12.2 Å². The molecule has 1 unspecified atom stereocenters. The number of sulfone groups is 1. The molecular weight excluding hydrogens is 338 g/mol. The van der Waals surface area contributed by atoms with E-state index < -0.39 is 45.2 Å². The number of amides is 1. The minimum absolute atomic E-state index is 0.0161. The molecule has 1 aromatic carbocycles. The van der Waals surface area contributed by atoms with Gasteiger partial charge in [-0.15, -0.1) is 0 Å². The molecule has 1 saturated heterocycles. The summed E-state index contributed by atoms with van der Waals surface area (Å²) in [5.74, 6) is -2.34. The number of benzene rings is 1. The van der Waals surface area contributed by atoms with Crippen LogP contribution in [0.3, 0.4) is 0 Å². The molecule has 23 heavy (non-hydrogen) atoms. The zero-order chi connectivity index (χ0) is 17.3. The second-order valence-corrected chi connectivity index (χ2v) is 7.64. The summed E-state index contributed by atoms with van der Waals surface area (Å²) in [4.78, 5) is 12.5. The third kappa shape index (κ3) is 4.43. The van der Waals surface area contributed by atoms with Gasteiger partial charge in [-0.2, -0.15) is 13.2 Å². The monoisotopic (exact) mass is 353 g/mol. The molecule has 2 rings (SSSR count). The van der Waals surface area contributed by atoms with Crippen molar-refractivity contribution < 1.29 is 30.8 Å². The predicted octanol–water partition coefficient (Wildman–Crippen LogP) is 2.47. The summed E-state index contributed by atoms with van der Waals surface area (Å²) in [5, 5.41) is -1.16.